The molecule has 2 aromatic heterocycles. The Morgan fingerprint density at radius 2 is 1.14 bits per heavy atom. The molecule has 0 aliphatic heterocycles. The van der Waals surface area contributed by atoms with E-state index in [1.807, 2.05) is 30.3 Å². The number of allylic oxidation sites excluding steroid dienone is 1. The van der Waals surface area contributed by atoms with Gasteiger partial charge in [-0.1, -0.05) is 140 Å². The zero-order valence-electron chi connectivity index (χ0n) is 27.8. The summed E-state index contributed by atoms with van der Waals surface area (Å²) >= 11 is 0. The molecular formula is C47H31N3O. The quantitative estimate of drug-likeness (QED) is 0.185. The third kappa shape index (κ3) is 5.12. The molecule has 1 aliphatic carbocycles. The summed E-state index contributed by atoms with van der Waals surface area (Å²) in [7, 11) is 0. The average molecular weight is 654 g/mol. The topological polar surface area (TPSA) is 51.8 Å². The summed E-state index contributed by atoms with van der Waals surface area (Å²) in [5.41, 5.74) is 11.7. The summed E-state index contributed by atoms with van der Waals surface area (Å²) < 4.78 is 6.54. The van der Waals surface area contributed by atoms with E-state index in [0.717, 1.165) is 62.6 Å². The second-order valence-corrected chi connectivity index (χ2v) is 13.1. The van der Waals surface area contributed by atoms with Crippen molar-refractivity contribution in [1.82, 2.24) is 15.0 Å². The second-order valence-electron chi connectivity index (χ2n) is 13.1. The van der Waals surface area contributed by atoms with Gasteiger partial charge in [-0.05, 0) is 81.3 Å². The van der Waals surface area contributed by atoms with Crippen molar-refractivity contribution in [2.75, 3.05) is 0 Å². The highest BCUT2D eigenvalue weighted by atomic mass is 16.3. The smallest absolute Gasteiger partial charge is 0.164 e. The van der Waals surface area contributed by atoms with Gasteiger partial charge in [-0.3, -0.25) is 0 Å². The Labute approximate surface area is 295 Å². The lowest BCUT2D eigenvalue weighted by atomic mass is 9.86. The van der Waals surface area contributed by atoms with Crippen LogP contribution >= 0.6 is 0 Å². The monoisotopic (exact) mass is 653 g/mol. The van der Waals surface area contributed by atoms with E-state index in [1.165, 1.54) is 33.0 Å². The molecular weight excluding hydrogens is 623 g/mol. The summed E-state index contributed by atoms with van der Waals surface area (Å²) in [5.74, 6) is 1.94. The maximum atomic E-state index is 6.54. The molecule has 0 unspecified atom stereocenters. The van der Waals surface area contributed by atoms with Crippen LogP contribution in [-0.2, 0) is 6.42 Å². The number of hydrogen-bond donors (Lipinski definition) is 0. The Hall–Kier alpha value is -6.65. The fourth-order valence-electron chi connectivity index (χ4n) is 7.53. The minimum atomic E-state index is 0.623. The predicted molar refractivity (Wildman–Crippen MR) is 209 cm³/mol. The lowest BCUT2D eigenvalue weighted by molar-refractivity contribution is 0.669. The molecule has 4 heteroatoms. The first-order valence-corrected chi connectivity index (χ1v) is 17.4. The molecule has 1 aliphatic rings. The van der Waals surface area contributed by atoms with E-state index in [2.05, 4.69) is 133 Å². The van der Waals surface area contributed by atoms with Crippen LogP contribution in [0.5, 0.6) is 0 Å². The molecule has 7 aromatic carbocycles. The van der Waals surface area contributed by atoms with Crippen molar-refractivity contribution in [3.05, 3.63) is 169 Å². The summed E-state index contributed by atoms with van der Waals surface area (Å²) in [5, 5.41) is 4.47. The lowest BCUT2D eigenvalue weighted by Crippen LogP contribution is -2.05. The standard InChI is InChI=1S/C47H31N3O/c1-3-13-31(14-4-1)36-26-27-39(38-19-10-9-18-37(36)38)46-48-45(32-15-5-2-6-16-32)49-47(50-46)41-20-11-21-42-44(41)40-25-24-35(29-43(40)51-42)34-23-22-30-12-7-8-17-33(30)28-34/h1-9,11-18,20-29H,10,19H2. The number of hydrogen-bond acceptors (Lipinski definition) is 4. The maximum absolute atomic E-state index is 6.54. The largest absolute Gasteiger partial charge is 0.456 e. The van der Waals surface area contributed by atoms with E-state index in [4.69, 9.17) is 19.4 Å². The molecule has 2 heterocycles. The van der Waals surface area contributed by atoms with Gasteiger partial charge < -0.3 is 4.42 Å². The van der Waals surface area contributed by atoms with Gasteiger partial charge in [-0.25, -0.2) is 15.0 Å². The lowest BCUT2D eigenvalue weighted by Gasteiger charge is -2.19. The molecule has 0 fully saturated rings. The molecule has 0 saturated heterocycles. The Kier molecular flexibility index (Phi) is 6.91. The van der Waals surface area contributed by atoms with Crippen LogP contribution < -0.4 is 0 Å². The van der Waals surface area contributed by atoms with Gasteiger partial charge in [0.05, 0.1) is 0 Å². The minimum absolute atomic E-state index is 0.623. The first-order valence-electron chi connectivity index (χ1n) is 17.4. The molecule has 240 valence electrons. The Bertz CT molecular complexity index is 2800. The van der Waals surface area contributed by atoms with E-state index in [-0.39, 0.29) is 0 Å². The third-order valence-corrected chi connectivity index (χ3v) is 10.0. The van der Waals surface area contributed by atoms with Gasteiger partial charge >= 0.3 is 0 Å². The van der Waals surface area contributed by atoms with Crippen LogP contribution in [0.1, 0.15) is 17.5 Å². The Balaban J connectivity index is 1.15. The fourth-order valence-corrected chi connectivity index (χ4v) is 7.53. The molecule has 0 atom stereocenters. The van der Waals surface area contributed by atoms with E-state index in [9.17, 15) is 0 Å². The number of nitrogens with zero attached hydrogens (tertiary/aromatic N) is 3. The van der Waals surface area contributed by atoms with Gasteiger partial charge in [0.2, 0.25) is 0 Å². The van der Waals surface area contributed by atoms with E-state index in [0.29, 0.717) is 17.5 Å². The first-order chi connectivity index (χ1) is 25.3. The highest BCUT2D eigenvalue weighted by molar-refractivity contribution is 6.12. The van der Waals surface area contributed by atoms with Crippen molar-refractivity contribution in [2.45, 2.75) is 12.8 Å². The van der Waals surface area contributed by atoms with Crippen LogP contribution in [0.3, 0.4) is 0 Å². The maximum Gasteiger partial charge on any atom is 0.164 e. The predicted octanol–water partition coefficient (Wildman–Crippen LogP) is 12.2. The number of aromatic nitrogens is 3. The third-order valence-electron chi connectivity index (χ3n) is 10.0. The van der Waals surface area contributed by atoms with E-state index < -0.39 is 0 Å². The van der Waals surface area contributed by atoms with Gasteiger partial charge in [0.15, 0.2) is 17.5 Å². The van der Waals surface area contributed by atoms with E-state index >= 15 is 0 Å². The second kappa shape index (κ2) is 12.0. The normalized spacial score (nSPS) is 12.5. The summed E-state index contributed by atoms with van der Waals surface area (Å²) in [6.07, 6.45) is 6.42. The van der Waals surface area contributed by atoms with Gasteiger partial charge in [-0.2, -0.15) is 0 Å². The molecule has 0 N–H and O–H groups in total. The van der Waals surface area contributed by atoms with Crippen molar-refractivity contribution < 1.29 is 4.42 Å². The highest BCUT2D eigenvalue weighted by Crippen LogP contribution is 2.40. The molecule has 0 radical (unpaired) electrons. The van der Waals surface area contributed by atoms with Crippen LogP contribution in [0.4, 0.5) is 0 Å². The summed E-state index contributed by atoms with van der Waals surface area (Å²) in [6, 6.07) is 52.9. The van der Waals surface area contributed by atoms with Crippen LogP contribution in [0, 0.1) is 0 Å². The molecule has 9 aromatic rings. The molecule has 0 saturated carbocycles. The van der Waals surface area contributed by atoms with Crippen molar-refractivity contribution >= 4 is 38.8 Å². The van der Waals surface area contributed by atoms with Gasteiger partial charge in [0, 0.05) is 27.5 Å². The zero-order chi connectivity index (χ0) is 33.7. The van der Waals surface area contributed by atoms with Gasteiger partial charge in [0.25, 0.3) is 0 Å². The first kappa shape index (κ1) is 29.3. The Morgan fingerprint density at radius 1 is 0.451 bits per heavy atom. The van der Waals surface area contributed by atoms with Crippen molar-refractivity contribution in [2.24, 2.45) is 0 Å². The number of rotatable bonds is 5. The molecule has 0 spiro atoms. The summed E-state index contributed by atoms with van der Waals surface area (Å²) in [6.45, 7) is 0. The molecule has 4 nitrogen and oxygen atoms in total. The SMILES string of the molecule is C1=Cc2c(-c3ccccc3)ccc(-c3nc(-c4ccccc4)nc(-c4cccc5oc6cc(-c7ccc8ccccc8c7)ccc6c45)n3)c2CC1. The van der Waals surface area contributed by atoms with Crippen molar-refractivity contribution in [1.29, 1.82) is 0 Å². The number of furan rings is 1. The van der Waals surface area contributed by atoms with E-state index in [1.54, 1.807) is 0 Å². The van der Waals surface area contributed by atoms with Crippen LogP contribution in [0.25, 0.3) is 95.2 Å². The molecule has 10 rings (SSSR count). The van der Waals surface area contributed by atoms with Gasteiger partial charge in [-0.15, -0.1) is 0 Å². The van der Waals surface area contributed by atoms with Crippen molar-refractivity contribution in [3.63, 3.8) is 0 Å². The van der Waals surface area contributed by atoms with Crippen LogP contribution in [0.2, 0.25) is 0 Å². The zero-order valence-corrected chi connectivity index (χ0v) is 27.8. The summed E-state index contributed by atoms with van der Waals surface area (Å²) in [4.78, 5) is 15.5. The van der Waals surface area contributed by atoms with Crippen LogP contribution in [-0.4, -0.2) is 15.0 Å². The molecule has 0 amide bonds. The van der Waals surface area contributed by atoms with Crippen LogP contribution in [0.15, 0.2) is 162 Å². The number of benzene rings is 7. The molecule has 0 bridgehead atoms. The average Bonchev–Trinajstić information content (AvgIpc) is 3.59. The van der Waals surface area contributed by atoms with Crippen molar-refractivity contribution in [3.8, 4) is 56.4 Å². The molecule has 51 heavy (non-hydrogen) atoms. The van der Waals surface area contributed by atoms with Gasteiger partial charge in [0.1, 0.15) is 11.2 Å². The Morgan fingerprint density at radius 3 is 1.98 bits per heavy atom. The fraction of sp³-hybridized carbons (Fsp3) is 0.0426. The highest BCUT2D eigenvalue weighted by Gasteiger charge is 2.22. The minimum Gasteiger partial charge on any atom is -0.456 e. The number of fused-ring (bicyclic) bond motifs is 5.